The van der Waals surface area contributed by atoms with Crippen molar-refractivity contribution < 1.29 is 28.9 Å². The molecule has 2 aliphatic carbocycles. The fourth-order valence-corrected chi connectivity index (χ4v) is 6.62. The molecule has 7 nitrogen and oxygen atoms in total. The Morgan fingerprint density at radius 1 is 1.11 bits per heavy atom. The molecule has 2 bridgehead atoms. The molecule has 7 heteroatoms. The molecule has 5 rings (SSSR count). The van der Waals surface area contributed by atoms with Gasteiger partial charge in [0.15, 0.2) is 0 Å². The molecule has 1 saturated carbocycles. The normalized spacial score (nSPS) is 25.4. The van der Waals surface area contributed by atoms with E-state index in [2.05, 4.69) is 12.1 Å². The molecule has 36 heavy (non-hydrogen) atoms. The van der Waals surface area contributed by atoms with E-state index < -0.39 is 12.4 Å². The summed E-state index contributed by atoms with van der Waals surface area (Å²) in [6, 6.07) is 16.0. The molecule has 4 atom stereocenters. The summed E-state index contributed by atoms with van der Waals surface area (Å²) in [4.78, 5) is 26.3. The second kappa shape index (κ2) is 10.0. The van der Waals surface area contributed by atoms with Crippen LogP contribution in [0.5, 0.6) is 5.75 Å². The van der Waals surface area contributed by atoms with Crippen LogP contribution in [-0.4, -0.2) is 41.1 Å². The highest BCUT2D eigenvalue weighted by Gasteiger charge is 2.55. The smallest absolute Gasteiger partial charge is 0.454 e. The molecule has 2 aromatic carbocycles. The van der Waals surface area contributed by atoms with Gasteiger partial charge < -0.3 is 24.2 Å². The minimum Gasteiger partial charge on any atom is -0.454 e. The number of ether oxygens (including phenoxy) is 3. The lowest BCUT2D eigenvalue weighted by Gasteiger charge is -2.58. The zero-order valence-electron chi connectivity index (χ0n) is 21.0. The molecular weight excluding hydrogens is 458 g/mol. The number of fused-ring (bicyclic) bond motifs is 1. The number of carbonyl (C=O) groups is 2. The van der Waals surface area contributed by atoms with Crippen molar-refractivity contribution in [3.63, 3.8) is 0 Å². The summed E-state index contributed by atoms with van der Waals surface area (Å²) in [7, 11) is 0. The quantitative estimate of drug-likeness (QED) is 0.384. The summed E-state index contributed by atoms with van der Waals surface area (Å²) in [5, 5.41) is 9.10. The lowest BCUT2D eigenvalue weighted by atomic mass is 9.52. The maximum Gasteiger partial charge on any atom is 0.508 e. The molecule has 1 unspecified atom stereocenters. The van der Waals surface area contributed by atoms with Crippen molar-refractivity contribution >= 4 is 12.2 Å². The Hall–Kier alpha value is -3.22. The average Bonchev–Trinajstić information content (AvgIpc) is 2.87. The van der Waals surface area contributed by atoms with Crippen LogP contribution in [0.15, 0.2) is 48.5 Å². The third kappa shape index (κ3) is 4.63. The number of amides is 1. The van der Waals surface area contributed by atoms with Gasteiger partial charge in [0, 0.05) is 23.9 Å². The van der Waals surface area contributed by atoms with Crippen LogP contribution in [-0.2, 0) is 27.9 Å². The van der Waals surface area contributed by atoms with E-state index in [4.69, 9.17) is 19.3 Å². The van der Waals surface area contributed by atoms with E-state index in [1.807, 2.05) is 55.1 Å². The number of carboxylic acid groups (broad SMARTS) is 1. The largest absolute Gasteiger partial charge is 0.508 e. The van der Waals surface area contributed by atoms with E-state index in [1.165, 1.54) is 24.0 Å². The Morgan fingerprint density at radius 3 is 2.67 bits per heavy atom. The van der Waals surface area contributed by atoms with Crippen LogP contribution in [0.1, 0.15) is 62.6 Å². The van der Waals surface area contributed by atoms with Crippen LogP contribution < -0.4 is 4.74 Å². The van der Waals surface area contributed by atoms with Crippen molar-refractivity contribution in [2.45, 2.75) is 76.7 Å². The van der Waals surface area contributed by atoms with Gasteiger partial charge in [0.25, 0.3) is 0 Å². The minimum absolute atomic E-state index is 0.00701. The van der Waals surface area contributed by atoms with E-state index in [0.29, 0.717) is 18.2 Å². The zero-order chi connectivity index (χ0) is 25.3. The Kier molecular flexibility index (Phi) is 6.82. The molecule has 192 valence electrons. The van der Waals surface area contributed by atoms with Crippen LogP contribution >= 0.6 is 0 Å². The van der Waals surface area contributed by atoms with Crippen molar-refractivity contribution in [2.75, 3.05) is 6.54 Å². The number of benzene rings is 2. The third-order valence-corrected chi connectivity index (χ3v) is 8.26. The summed E-state index contributed by atoms with van der Waals surface area (Å²) in [6.45, 7) is 4.71. The van der Waals surface area contributed by atoms with Gasteiger partial charge in [-0.2, -0.15) is 0 Å². The van der Waals surface area contributed by atoms with Gasteiger partial charge in [-0.05, 0) is 60.4 Å². The molecule has 0 spiro atoms. The number of likely N-dealkylation sites (tertiary alicyclic amines) is 1. The molecule has 0 aromatic heterocycles. The number of piperidine rings is 1. The number of nitrogens with zero attached hydrogens (tertiary/aromatic N) is 1. The third-order valence-electron chi connectivity index (χ3n) is 8.26. The first kappa shape index (κ1) is 24.5. The molecule has 2 aromatic rings. The summed E-state index contributed by atoms with van der Waals surface area (Å²) in [6.07, 6.45) is 3.78. The highest BCUT2D eigenvalue weighted by atomic mass is 16.8. The number of carbonyl (C=O) groups excluding carboxylic acids is 1. The highest BCUT2D eigenvalue weighted by molar-refractivity contribution is 5.69. The SMILES string of the molecule is CC(C)C(OC(=O)O)Oc1ccc2c(c1)[C@@]13CCCC[C@H]1[C@@H](C2)N(C(=O)OCc1ccccc1)CC3. The number of hydrogen-bond acceptors (Lipinski definition) is 5. The number of rotatable bonds is 6. The standard InChI is InChI=1S/C29H35NO6/c1-19(2)26(36-28(32)33)35-22-12-11-21-16-25-23-10-6-7-13-29(23,24(21)17-22)14-15-30(25)27(31)34-18-20-8-4-3-5-9-20/h3-5,8-9,11-12,17,19,23,25-26H,6-7,10,13-16,18H2,1-2H3,(H,32,33)/t23-,25+,26?,29+/m0/s1. The summed E-state index contributed by atoms with van der Waals surface area (Å²) >= 11 is 0. The Balaban J connectivity index is 1.39. The van der Waals surface area contributed by atoms with Gasteiger partial charge >= 0.3 is 12.2 Å². The lowest BCUT2D eigenvalue weighted by molar-refractivity contribution is -0.0795. The summed E-state index contributed by atoms with van der Waals surface area (Å²) in [5.74, 6) is 0.894. The molecule has 3 aliphatic rings. The zero-order valence-corrected chi connectivity index (χ0v) is 21.0. The van der Waals surface area contributed by atoms with Crippen molar-refractivity contribution in [2.24, 2.45) is 11.8 Å². The summed E-state index contributed by atoms with van der Waals surface area (Å²) < 4.78 is 16.7. The van der Waals surface area contributed by atoms with Gasteiger partial charge in [-0.1, -0.05) is 63.1 Å². The van der Waals surface area contributed by atoms with Crippen molar-refractivity contribution in [1.82, 2.24) is 4.90 Å². The van der Waals surface area contributed by atoms with Crippen LogP contribution in [0, 0.1) is 11.8 Å². The van der Waals surface area contributed by atoms with Gasteiger partial charge in [0.1, 0.15) is 12.4 Å². The second-order valence-corrected chi connectivity index (χ2v) is 10.7. The van der Waals surface area contributed by atoms with Crippen molar-refractivity contribution in [1.29, 1.82) is 0 Å². The first-order chi connectivity index (χ1) is 17.4. The van der Waals surface area contributed by atoms with E-state index in [9.17, 15) is 9.59 Å². The number of hydrogen-bond donors (Lipinski definition) is 1. The molecule has 0 radical (unpaired) electrons. The van der Waals surface area contributed by atoms with Crippen molar-refractivity contribution in [3.05, 3.63) is 65.2 Å². The second-order valence-electron chi connectivity index (χ2n) is 10.7. The Bertz CT molecular complexity index is 1100. The average molecular weight is 494 g/mol. The molecule has 1 aliphatic heterocycles. The minimum atomic E-state index is -1.34. The van der Waals surface area contributed by atoms with Crippen LogP contribution in [0.25, 0.3) is 0 Å². The predicted molar refractivity (Wildman–Crippen MR) is 134 cm³/mol. The molecule has 1 saturated heterocycles. The summed E-state index contributed by atoms with van der Waals surface area (Å²) in [5.41, 5.74) is 3.54. The maximum absolute atomic E-state index is 13.2. The lowest BCUT2D eigenvalue weighted by Crippen LogP contribution is -2.62. The maximum atomic E-state index is 13.2. The first-order valence-corrected chi connectivity index (χ1v) is 13.0. The fraction of sp³-hybridized carbons (Fsp3) is 0.517. The van der Waals surface area contributed by atoms with E-state index in [-0.39, 0.29) is 30.1 Å². The first-order valence-electron chi connectivity index (χ1n) is 13.0. The molecule has 2 fully saturated rings. The monoisotopic (exact) mass is 493 g/mol. The van der Waals surface area contributed by atoms with Crippen LogP contribution in [0.2, 0.25) is 0 Å². The van der Waals surface area contributed by atoms with Gasteiger partial charge in [-0.25, -0.2) is 9.59 Å². The van der Waals surface area contributed by atoms with E-state index >= 15 is 0 Å². The topological polar surface area (TPSA) is 85.3 Å². The van der Waals surface area contributed by atoms with E-state index in [1.54, 1.807) is 0 Å². The Morgan fingerprint density at radius 2 is 1.92 bits per heavy atom. The van der Waals surface area contributed by atoms with E-state index in [0.717, 1.165) is 31.2 Å². The fourth-order valence-electron chi connectivity index (χ4n) is 6.62. The van der Waals surface area contributed by atoms with Crippen LogP contribution in [0.4, 0.5) is 9.59 Å². The van der Waals surface area contributed by atoms with Gasteiger partial charge in [0.2, 0.25) is 6.29 Å². The highest BCUT2D eigenvalue weighted by Crippen LogP contribution is 2.56. The molecular formula is C29H35NO6. The van der Waals surface area contributed by atoms with Gasteiger partial charge in [0.05, 0.1) is 0 Å². The predicted octanol–water partition coefficient (Wildman–Crippen LogP) is 6.14. The molecule has 1 heterocycles. The Labute approximate surface area is 212 Å². The molecule has 1 amide bonds. The van der Waals surface area contributed by atoms with Crippen molar-refractivity contribution in [3.8, 4) is 5.75 Å². The van der Waals surface area contributed by atoms with Gasteiger partial charge in [-0.3, -0.25) is 0 Å². The van der Waals surface area contributed by atoms with Crippen LogP contribution in [0.3, 0.4) is 0 Å². The van der Waals surface area contributed by atoms with Gasteiger partial charge in [-0.15, -0.1) is 0 Å². The molecule has 1 N–H and O–H groups in total.